The normalized spacial score (nSPS) is 20.3. The lowest BCUT2D eigenvalue weighted by Gasteiger charge is -2.57. The number of carbonyl (C=O) groups excluding carboxylic acids is 1. The van der Waals surface area contributed by atoms with Crippen molar-refractivity contribution in [1.82, 2.24) is 4.90 Å². The number of benzene rings is 1. The summed E-state index contributed by atoms with van der Waals surface area (Å²) >= 11 is 0. The molecule has 1 heterocycles. The van der Waals surface area contributed by atoms with Gasteiger partial charge in [0.25, 0.3) is 0 Å². The van der Waals surface area contributed by atoms with E-state index in [2.05, 4.69) is 4.74 Å². The molecule has 1 saturated carbocycles. The van der Waals surface area contributed by atoms with Gasteiger partial charge in [-0.25, -0.2) is 4.39 Å². The largest absolute Gasteiger partial charge is 0.573 e. The number of hydrogen-bond donors (Lipinski definition) is 0. The Hall–Kier alpha value is -1.99. The average Bonchev–Trinajstić information content (AvgIpc) is 2.31. The Bertz CT molecular complexity index is 576. The van der Waals surface area contributed by atoms with Gasteiger partial charge in [-0.2, -0.15) is 0 Å². The maximum absolute atomic E-state index is 13.7. The first-order valence-electron chi connectivity index (χ1n) is 6.70. The molecule has 4 nitrogen and oxygen atoms in total. The number of amides is 1. The van der Waals surface area contributed by atoms with Gasteiger partial charge in [-0.05, 0) is 25.0 Å². The van der Waals surface area contributed by atoms with E-state index >= 15 is 0 Å². The lowest BCUT2D eigenvalue weighted by atomic mass is 9.62. The lowest BCUT2D eigenvalue weighted by molar-refractivity contribution is -0.274. The van der Waals surface area contributed by atoms with Crippen LogP contribution in [0.1, 0.15) is 12.8 Å². The van der Waals surface area contributed by atoms with Crippen LogP contribution in [0.15, 0.2) is 18.2 Å². The van der Waals surface area contributed by atoms with E-state index in [1.165, 1.54) is 0 Å². The number of rotatable bonds is 4. The Morgan fingerprint density at radius 3 is 2.50 bits per heavy atom. The van der Waals surface area contributed by atoms with Gasteiger partial charge in [0.1, 0.15) is 11.9 Å². The topological polar surface area (TPSA) is 38.8 Å². The average molecular weight is 319 g/mol. The molecule has 1 saturated heterocycles. The minimum absolute atomic E-state index is 0.0708. The number of likely N-dealkylation sites (tertiary alicyclic amines) is 1. The van der Waals surface area contributed by atoms with E-state index in [1.54, 1.807) is 4.90 Å². The number of nitrogens with zero attached hydrogens (tertiary/aromatic N) is 1. The zero-order chi connectivity index (χ0) is 16.0. The SMILES string of the molecule is O=CN1CC2(CC(Oc3ccc(OC(F)(F)F)cc3F)C2)C1. The molecular weight excluding hydrogens is 306 g/mol. The number of alkyl halides is 3. The molecule has 0 bridgehead atoms. The summed E-state index contributed by atoms with van der Waals surface area (Å²) < 4.78 is 58.9. The van der Waals surface area contributed by atoms with Crippen molar-refractivity contribution in [2.45, 2.75) is 25.3 Å². The summed E-state index contributed by atoms with van der Waals surface area (Å²) in [6.07, 6.45) is -2.84. The second-order valence-corrected chi connectivity index (χ2v) is 5.80. The summed E-state index contributed by atoms with van der Waals surface area (Å²) in [6.45, 7) is 1.36. The van der Waals surface area contributed by atoms with Crippen molar-refractivity contribution in [3.8, 4) is 11.5 Å². The van der Waals surface area contributed by atoms with Gasteiger partial charge in [0, 0.05) is 24.6 Å². The molecule has 0 unspecified atom stereocenters. The smallest absolute Gasteiger partial charge is 0.487 e. The molecule has 0 atom stereocenters. The van der Waals surface area contributed by atoms with Crippen LogP contribution in [-0.2, 0) is 4.79 Å². The Kier molecular flexibility index (Phi) is 3.41. The summed E-state index contributed by atoms with van der Waals surface area (Å²) in [5.41, 5.74) is 0.0708. The Morgan fingerprint density at radius 1 is 1.27 bits per heavy atom. The van der Waals surface area contributed by atoms with E-state index in [0.717, 1.165) is 18.5 Å². The third-order valence-corrected chi connectivity index (χ3v) is 3.98. The summed E-state index contributed by atoms with van der Waals surface area (Å²) in [7, 11) is 0. The zero-order valence-corrected chi connectivity index (χ0v) is 11.4. The minimum Gasteiger partial charge on any atom is -0.487 e. The van der Waals surface area contributed by atoms with Crippen LogP contribution in [0.2, 0.25) is 0 Å². The zero-order valence-electron chi connectivity index (χ0n) is 11.4. The molecule has 1 spiro atoms. The van der Waals surface area contributed by atoms with E-state index < -0.39 is 17.9 Å². The maximum Gasteiger partial charge on any atom is 0.573 e. The monoisotopic (exact) mass is 319 g/mol. The van der Waals surface area contributed by atoms with Gasteiger partial charge in [0.15, 0.2) is 11.6 Å². The molecule has 1 aromatic rings. The van der Waals surface area contributed by atoms with Crippen molar-refractivity contribution >= 4 is 6.41 Å². The van der Waals surface area contributed by atoms with Gasteiger partial charge in [0.05, 0.1) is 0 Å². The van der Waals surface area contributed by atoms with Crippen LogP contribution in [0.5, 0.6) is 11.5 Å². The number of halogens is 4. The summed E-state index contributed by atoms with van der Waals surface area (Å²) in [6, 6.07) is 2.78. The van der Waals surface area contributed by atoms with E-state index in [0.29, 0.717) is 32.0 Å². The van der Waals surface area contributed by atoms with E-state index in [4.69, 9.17) is 4.74 Å². The van der Waals surface area contributed by atoms with Crippen LogP contribution in [0.4, 0.5) is 17.6 Å². The van der Waals surface area contributed by atoms with Crippen LogP contribution in [-0.4, -0.2) is 36.9 Å². The summed E-state index contributed by atoms with van der Waals surface area (Å²) in [5.74, 6) is -1.62. The Labute approximate surface area is 123 Å². The van der Waals surface area contributed by atoms with Crippen molar-refractivity contribution in [2.75, 3.05) is 13.1 Å². The molecule has 2 aliphatic rings. The fourth-order valence-corrected chi connectivity index (χ4v) is 3.09. The summed E-state index contributed by atoms with van der Waals surface area (Å²) in [4.78, 5) is 12.2. The Morgan fingerprint density at radius 2 is 1.95 bits per heavy atom. The molecular formula is C14H13F4NO3. The second-order valence-electron chi connectivity index (χ2n) is 5.80. The van der Waals surface area contributed by atoms with Crippen LogP contribution in [0, 0.1) is 11.2 Å². The van der Waals surface area contributed by atoms with Gasteiger partial charge < -0.3 is 14.4 Å². The number of ether oxygens (including phenoxy) is 2. The molecule has 1 aliphatic carbocycles. The molecule has 22 heavy (non-hydrogen) atoms. The molecule has 2 fully saturated rings. The van der Waals surface area contributed by atoms with Gasteiger partial charge in [-0.15, -0.1) is 13.2 Å². The van der Waals surface area contributed by atoms with Crippen molar-refractivity contribution in [2.24, 2.45) is 5.41 Å². The number of hydrogen-bond acceptors (Lipinski definition) is 3. The van der Waals surface area contributed by atoms with Crippen LogP contribution >= 0.6 is 0 Å². The highest BCUT2D eigenvalue weighted by atomic mass is 19.4. The predicted octanol–water partition coefficient (Wildman–Crippen LogP) is 2.72. The molecule has 0 N–H and O–H groups in total. The quantitative estimate of drug-likeness (QED) is 0.633. The molecule has 3 rings (SSSR count). The predicted molar refractivity (Wildman–Crippen MR) is 66.8 cm³/mol. The van der Waals surface area contributed by atoms with E-state index in [1.807, 2.05) is 0 Å². The van der Waals surface area contributed by atoms with Gasteiger partial charge in [0.2, 0.25) is 6.41 Å². The second kappa shape index (κ2) is 5.03. The summed E-state index contributed by atoms with van der Waals surface area (Å²) in [5, 5.41) is 0. The molecule has 120 valence electrons. The maximum atomic E-state index is 13.7. The van der Waals surface area contributed by atoms with Crippen LogP contribution in [0.25, 0.3) is 0 Å². The first-order chi connectivity index (χ1) is 10.3. The Balaban J connectivity index is 1.55. The molecule has 1 aliphatic heterocycles. The molecule has 0 aromatic heterocycles. The molecule has 8 heteroatoms. The van der Waals surface area contributed by atoms with Crippen LogP contribution < -0.4 is 9.47 Å². The molecule has 0 radical (unpaired) electrons. The fraction of sp³-hybridized carbons (Fsp3) is 0.500. The van der Waals surface area contributed by atoms with Gasteiger partial charge in [-0.3, -0.25) is 4.79 Å². The molecule has 1 aromatic carbocycles. The number of carbonyl (C=O) groups is 1. The van der Waals surface area contributed by atoms with E-state index in [-0.39, 0.29) is 17.3 Å². The standard InChI is InChI=1S/C14H13F4NO3/c15-11-3-9(22-14(16,17)18)1-2-12(11)21-10-4-13(5-10)6-19(7-13)8-20/h1-3,8,10H,4-7H2. The van der Waals surface area contributed by atoms with Crippen molar-refractivity contribution in [3.63, 3.8) is 0 Å². The van der Waals surface area contributed by atoms with Crippen molar-refractivity contribution in [3.05, 3.63) is 24.0 Å². The lowest BCUT2D eigenvalue weighted by Crippen LogP contribution is -2.64. The minimum atomic E-state index is -4.86. The fourth-order valence-electron chi connectivity index (χ4n) is 3.09. The molecule has 1 amide bonds. The van der Waals surface area contributed by atoms with Crippen molar-refractivity contribution in [1.29, 1.82) is 0 Å². The van der Waals surface area contributed by atoms with Crippen molar-refractivity contribution < 1.29 is 31.8 Å². The van der Waals surface area contributed by atoms with Gasteiger partial charge >= 0.3 is 6.36 Å². The highest BCUT2D eigenvalue weighted by Crippen LogP contribution is 2.49. The first-order valence-corrected chi connectivity index (χ1v) is 6.70. The third kappa shape index (κ3) is 2.95. The van der Waals surface area contributed by atoms with Crippen LogP contribution in [0.3, 0.4) is 0 Å². The highest BCUT2D eigenvalue weighted by molar-refractivity contribution is 5.49. The first kappa shape index (κ1) is 14.9. The third-order valence-electron chi connectivity index (χ3n) is 3.98. The van der Waals surface area contributed by atoms with Gasteiger partial charge in [-0.1, -0.05) is 0 Å². The highest BCUT2D eigenvalue weighted by Gasteiger charge is 2.53. The van der Waals surface area contributed by atoms with E-state index in [9.17, 15) is 22.4 Å².